The molecule has 3 nitrogen and oxygen atoms in total. The molecule has 3 heteroatoms. The number of nitrogens with zero attached hydrogens (tertiary/aromatic N) is 2. The Labute approximate surface area is 103 Å². The molecule has 1 aromatic heterocycles. The van der Waals surface area contributed by atoms with Crippen molar-refractivity contribution in [2.45, 2.75) is 32.6 Å². The highest BCUT2D eigenvalue weighted by Gasteiger charge is 2.30. The van der Waals surface area contributed by atoms with Gasteiger partial charge in [0.1, 0.15) is 0 Å². The Morgan fingerprint density at radius 3 is 2.29 bits per heavy atom. The molecular weight excluding hydrogens is 210 g/mol. The van der Waals surface area contributed by atoms with E-state index in [1.165, 1.54) is 25.7 Å². The standard InChI is InChI=1S/C14H21N3/c1-10-2-7-13(15)14(16-10)17(8-11-3-4-11)9-12-5-6-12/h2,7,11-12H,3-6,8-9,15H2,1H3. The molecule has 2 aliphatic rings. The van der Waals surface area contributed by atoms with E-state index < -0.39 is 0 Å². The zero-order valence-electron chi connectivity index (χ0n) is 10.5. The molecule has 0 bridgehead atoms. The predicted molar refractivity (Wildman–Crippen MR) is 71.0 cm³/mol. The molecule has 0 spiro atoms. The lowest BCUT2D eigenvalue weighted by Crippen LogP contribution is -2.29. The third-order valence-electron chi connectivity index (χ3n) is 3.70. The summed E-state index contributed by atoms with van der Waals surface area (Å²) in [6.45, 7) is 4.34. The molecule has 0 atom stereocenters. The summed E-state index contributed by atoms with van der Waals surface area (Å²) in [6.07, 6.45) is 5.53. The van der Waals surface area contributed by atoms with Crippen LogP contribution in [0.5, 0.6) is 0 Å². The smallest absolute Gasteiger partial charge is 0.152 e. The van der Waals surface area contributed by atoms with E-state index in [9.17, 15) is 0 Å². The van der Waals surface area contributed by atoms with Gasteiger partial charge in [0.2, 0.25) is 0 Å². The Morgan fingerprint density at radius 2 is 1.76 bits per heavy atom. The van der Waals surface area contributed by atoms with Crippen LogP contribution < -0.4 is 10.6 Å². The molecular formula is C14H21N3. The highest BCUT2D eigenvalue weighted by Crippen LogP contribution is 2.36. The molecule has 0 aliphatic heterocycles. The van der Waals surface area contributed by atoms with E-state index in [1.54, 1.807) is 0 Å². The average Bonchev–Trinajstić information content (AvgIpc) is 3.15. The van der Waals surface area contributed by atoms with E-state index in [0.29, 0.717) is 0 Å². The van der Waals surface area contributed by atoms with Crippen molar-refractivity contribution in [3.8, 4) is 0 Å². The number of pyridine rings is 1. The Bertz CT molecular complexity index is 394. The van der Waals surface area contributed by atoms with Gasteiger partial charge in [0, 0.05) is 18.8 Å². The third-order valence-corrected chi connectivity index (χ3v) is 3.70. The summed E-state index contributed by atoms with van der Waals surface area (Å²) < 4.78 is 0. The van der Waals surface area contributed by atoms with Gasteiger partial charge in [-0.25, -0.2) is 4.98 Å². The van der Waals surface area contributed by atoms with Crippen LogP contribution in [0.15, 0.2) is 12.1 Å². The summed E-state index contributed by atoms with van der Waals surface area (Å²) in [5, 5.41) is 0. The summed E-state index contributed by atoms with van der Waals surface area (Å²) in [4.78, 5) is 7.06. The van der Waals surface area contributed by atoms with Crippen molar-refractivity contribution in [3.05, 3.63) is 17.8 Å². The largest absolute Gasteiger partial charge is 0.396 e. The Balaban J connectivity index is 1.80. The van der Waals surface area contributed by atoms with Crippen molar-refractivity contribution in [2.24, 2.45) is 11.8 Å². The number of rotatable bonds is 5. The third kappa shape index (κ3) is 2.71. The SMILES string of the molecule is Cc1ccc(N)c(N(CC2CC2)CC2CC2)n1. The van der Waals surface area contributed by atoms with E-state index in [0.717, 1.165) is 42.1 Å². The molecule has 1 heterocycles. The van der Waals surface area contributed by atoms with Gasteiger partial charge in [-0.2, -0.15) is 0 Å². The lowest BCUT2D eigenvalue weighted by atomic mass is 10.2. The molecule has 3 rings (SSSR count). The van der Waals surface area contributed by atoms with Crippen LogP contribution in [0.25, 0.3) is 0 Å². The highest BCUT2D eigenvalue weighted by molar-refractivity contribution is 5.63. The Hall–Kier alpha value is -1.25. The van der Waals surface area contributed by atoms with Crippen LogP contribution in [-0.2, 0) is 0 Å². The molecule has 1 aromatic rings. The van der Waals surface area contributed by atoms with Gasteiger partial charge in [-0.05, 0) is 56.6 Å². The summed E-state index contributed by atoms with van der Waals surface area (Å²) in [5.41, 5.74) is 7.97. The minimum Gasteiger partial charge on any atom is -0.396 e. The van der Waals surface area contributed by atoms with Crippen LogP contribution in [0.1, 0.15) is 31.4 Å². The van der Waals surface area contributed by atoms with E-state index >= 15 is 0 Å². The normalized spacial score (nSPS) is 19.4. The van der Waals surface area contributed by atoms with Crippen molar-refractivity contribution in [1.82, 2.24) is 4.98 Å². The number of hydrogen-bond acceptors (Lipinski definition) is 3. The number of aromatic nitrogens is 1. The van der Waals surface area contributed by atoms with Crippen molar-refractivity contribution in [1.29, 1.82) is 0 Å². The second kappa shape index (κ2) is 4.21. The maximum atomic E-state index is 6.08. The lowest BCUT2D eigenvalue weighted by molar-refractivity contribution is 0.671. The van der Waals surface area contributed by atoms with Gasteiger partial charge in [0.15, 0.2) is 5.82 Å². The molecule has 0 radical (unpaired) electrons. The van der Waals surface area contributed by atoms with Crippen LogP contribution in [0, 0.1) is 18.8 Å². The zero-order valence-corrected chi connectivity index (χ0v) is 10.5. The number of aryl methyl sites for hydroxylation is 1. The topological polar surface area (TPSA) is 42.1 Å². The van der Waals surface area contributed by atoms with Crippen molar-refractivity contribution < 1.29 is 0 Å². The number of nitrogen functional groups attached to an aromatic ring is 1. The van der Waals surface area contributed by atoms with E-state index in [-0.39, 0.29) is 0 Å². The molecule has 0 aromatic carbocycles. The first kappa shape index (κ1) is 10.9. The quantitative estimate of drug-likeness (QED) is 0.847. The minimum atomic E-state index is 0.830. The van der Waals surface area contributed by atoms with Crippen LogP contribution in [0.3, 0.4) is 0 Å². The van der Waals surface area contributed by atoms with Gasteiger partial charge >= 0.3 is 0 Å². The molecule has 2 aliphatic carbocycles. The Kier molecular flexibility index (Phi) is 2.69. The van der Waals surface area contributed by atoms with Crippen LogP contribution in [0.2, 0.25) is 0 Å². The number of hydrogen-bond donors (Lipinski definition) is 1. The molecule has 0 saturated heterocycles. The van der Waals surface area contributed by atoms with Gasteiger partial charge < -0.3 is 10.6 Å². The van der Waals surface area contributed by atoms with Crippen molar-refractivity contribution >= 4 is 11.5 Å². The molecule has 17 heavy (non-hydrogen) atoms. The van der Waals surface area contributed by atoms with Crippen molar-refractivity contribution in [3.63, 3.8) is 0 Å². The minimum absolute atomic E-state index is 0.830. The summed E-state index contributed by atoms with van der Waals surface area (Å²) >= 11 is 0. The number of anilines is 2. The van der Waals surface area contributed by atoms with Gasteiger partial charge in [-0.1, -0.05) is 0 Å². The predicted octanol–water partition coefficient (Wildman–Crippen LogP) is 2.60. The maximum absolute atomic E-state index is 6.08. The summed E-state index contributed by atoms with van der Waals surface area (Å²) in [6, 6.07) is 3.98. The lowest BCUT2D eigenvalue weighted by Gasteiger charge is -2.25. The first-order chi connectivity index (χ1) is 8.22. The van der Waals surface area contributed by atoms with Crippen LogP contribution in [-0.4, -0.2) is 18.1 Å². The fourth-order valence-corrected chi connectivity index (χ4v) is 2.28. The number of nitrogens with two attached hydrogens (primary N) is 1. The van der Waals surface area contributed by atoms with E-state index in [1.807, 2.05) is 19.1 Å². The fraction of sp³-hybridized carbons (Fsp3) is 0.643. The molecule has 0 unspecified atom stereocenters. The Morgan fingerprint density at radius 1 is 1.18 bits per heavy atom. The second-order valence-electron chi connectivity index (χ2n) is 5.66. The van der Waals surface area contributed by atoms with Gasteiger partial charge in [-0.15, -0.1) is 0 Å². The van der Waals surface area contributed by atoms with Crippen molar-refractivity contribution in [2.75, 3.05) is 23.7 Å². The first-order valence-electron chi connectivity index (χ1n) is 6.70. The van der Waals surface area contributed by atoms with Gasteiger partial charge in [0.05, 0.1) is 5.69 Å². The summed E-state index contributed by atoms with van der Waals surface area (Å²) in [7, 11) is 0. The van der Waals surface area contributed by atoms with Crippen LogP contribution in [0.4, 0.5) is 11.5 Å². The fourth-order valence-electron chi connectivity index (χ4n) is 2.28. The molecule has 2 saturated carbocycles. The molecule has 0 amide bonds. The molecule has 2 N–H and O–H groups in total. The second-order valence-corrected chi connectivity index (χ2v) is 5.66. The highest BCUT2D eigenvalue weighted by atomic mass is 15.2. The monoisotopic (exact) mass is 231 g/mol. The summed E-state index contributed by atoms with van der Waals surface area (Å²) in [5.74, 6) is 2.79. The average molecular weight is 231 g/mol. The van der Waals surface area contributed by atoms with Crippen LogP contribution >= 0.6 is 0 Å². The molecule has 2 fully saturated rings. The van der Waals surface area contributed by atoms with E-state index in [2.05, 4.69) is 9.88 Å². The van der Waals surface area contributed by atoms with Gasteiger partial charge in [0.25, 0.3) is 0 Å². The first-order valence-corrected chi connectivity index (χ1v) is 6.70. The molecule has 92 valence electrons. The van der Waals surface area contributed by atoms with E-state index in [4.69, 9.17) is 5.73 Å². The zero-order chi connectivity index (χ0) is 11.8. The van der Waals surface area contributed by atoms with Gasteiger partial charge in [-0.3, -0.25) is 0 Å². The maximum Gasteiger partial charge on any atom is 0.152 e.